The van der Waals surface area contributed by atoms with Crippen molar-refractivity contribution in [1.29, 1.82) is 0 Å². The molecule has 0 amide bonds. The predicted octanol–water partition coefficient (Wildman–Crippen LogP) is -1.21. The zero-order valence-electron chi connectivity index (χ0n) is 17.4. The Hall–Kier alpha value is -0.320. The van der Waals surface area contributed by atoms with Crippen molar-refractivity contribution in [3.05, 3.63) is 0 Å². The number of hydrogen-bond acceptors (Lipinski definition) is 8. The van der Waals surface area contributed by atoms with Crippen molar-refractivity contribution in [2.24, 2.45) is 16.7 Å². The largest absolute Gasteiger partial charge is 0.393 e. The van der Waals surface area contributed by atoms with E-state index in [0.29, 0.717) is 12.8 Å². The Morgan fingerprint density at radius 2 is 1.45 bits per heavy atom. The molecule has 11 atom stereocenters. The highest BCUT2D eigenvalue weighted by Gasteiger charge is 2.83. The highest BCUT2D eigenvalue weighted by atomic mass is 16.4. The smallest absolute Gasteiger partial charge is 0.104 e. The minimum atomic E-state index is -1.98. The van der Waals surface area contributed by atoms with E-state index in [4.69, 9.17) is 0 Å². The summed E-state index contributed by atoms with van der Waals surface area (Å²) in [5.74, 6) is -0.764. The van der Waals surface area contributed by atoms with Gasteiger partial charge in [-0.1, -0.05) is 13.8 Å². The van der Waals surface area contributed by atoms with Gasteiger partial charge >= 0.3 is 0 Å². The standard InChI is InChI=1S/C21H36O8/c1-11(22)18(26)6-7-21(29)17(18,3)14(24)8-13-16(2)5-4-12(23)9-20(16,28)15(25)10-19(13,21)27/h11-15,22-29H,4-10H2,1-3H3/t11?,12?,13-,14?,15?,16-,17-,18+,19+,20?,21+/m1/s1. The first-order valence-corrected chi connectivity index (χ1v) is 10.8. The molecule has 0 aromatic heterocycles. The van der Waals surface area contributed by atoms with E-state index in [2.05, 4.69) is 0 Å². The third kappa shape index (κ3) is 2.13. The Balaban J connectivity index is 1.88. The Morgan fingerprint density at radius 3 is 2.03 bits per heavy atom. The Bertz CT molecular complexity index is 702. The molecule has 4 saturated carbocycles. The maximum Gasteiger partial charge on any atom is 0.104 e. The fourth-order valence-electron chi connectivity index (χ4n) is 8.00. The minimum absolute atomic E-state index is 0.00797. The maximum atomic E-state index is 12.0. The molecule has 5 unspecified atom stereocenters. The van der Waals surface area contributed by atoms with Crippen LogP contribution in [0.2, 0.25) is 0 Å². The highest BCUT2D eigenvalue weighted by molar-refractivity contribution is 5.33. The van der Waals surface area contributed by atoms with Crippen molar-refractivity contribution in [1.82, 2.24) is 0 Å². The summed E-state index contributed by atoms with van der Waals surface area (Å²) in [6.07, 6.45) is -4.44. The summed E-state index contributed by atoms with van der Waals surface area (Å²) < 4.78 is 0. The van der Waals surface area contributed by atoms with E-state index in [0.717, 1.165) is 0 Å². The lowest BCUT2D eigenvalue weighted by atomic mass is 9.38. The van der Waals surface area contributed by atoms with E-state index in [1.165, 1.54) is 13.8 Å². The average Bonchev–Trinajstić information content (AvgIpc) is 2.86. The molecule has 0 bridgehead atoms. The van der Waals surface area contributed by atoms with E-state index < -0.39 is 63.6 Å². The van der Waals surface area contributed by atoms with Gasteiger partial charge in [-0.05, 0) is 39.0 Å². The second kappa shape index (κ2) is 5.92. The molecular weight excluding hydrogens is 380 g/mol. The quantitative estimate of drug-likeness (QED) is 0.264. The fourth-order valence-corrected chi connectivity index (χ4v) is 8.00. The molecule has 4 rings (SSSR count). The van der Waals surface area contributed by atoms with Crippen LogP contribution >= 0.6 is 0 Å². The number of hydrogen-bond donors (Lipinski definition) is 8. The van der Waals surface area contributed by atoms with Crippen LogP contribution in [0.1, 0.15) is 65.7 Å². The molecule has 0 aromatic carbocycles. The minimum Gasteiger partial charge on any atom is -0.393 e. The zero-order chi connectivity index (χ0) is 21.8. The molecule has 0 radical (unpaired) electrons. The summed E-state index contributed by atoms with van der Waals surface area (Å²) in [5.41, 5.74) is -10.0. The van der Waals surface area contributed by atoms with Crippen LogP contribution < -0.4 is 0 Å². The topological polar surface area (TPSA) is 162 Å². The van der Waals surface area contributed by atoms with Gasteiger partial charge in [0, 0.05) is 24.2 Å². The predicted molar refractivity (Wildman–Crippen MR) is 102 cm³/mol. The monoisotopic (exact) mass is 416 g/mol. The van der Waals surface area contributed by atoms with Crippen molar-refractivity contribution in [3.63, 3.8) is 0 Å². The third-order valence-electron chi connectivity index (χ3n) is 10.1. The summed E-state index contributed by atoms with van der Waals surface area (Å²) in [7, 11) is 0. The van der Waals surface area contributed by atoms with Gasteiger partial charge in [0.05, 0.1) is 35.4 Å². The second-order valence-corrected chi connectivity index (χ2v) is 10.8. The van der Waals surface area contributed by atoms with Crippen LogP contribution in [0.15, 0.2) is 0 Å². The van der Waals surface area contributed by atoms with Crippen molar-refractivity contribution >= 4 is 0 Å². The summed E-state index contributed by atoms with van der Waals surface area (Å²) in [4.78, 5) is 0. The van der Waals surface area contributed by atoms with E-state index in [1.54, 1.807) is 6.92 Å². The van der Waals surface area contributed by atoms with Crippen LogP contribution in [0.5, 0.6) is 0 Å². The molecule has 168 valence electrons. The SMILES string of the molecule is CC(O)[C@@]1(O)CC[C@]2(O)[C@]1(C)C(O)C[C@@H]1[C@@]3(C)CCC(O)CC3(O)C(O)C[C@]12O. The lowest BCUT2D eigenvalue weighted by Crippen LogP contribution is -2.83. The van der Waals surface area contributed by atoms with Crippen molar-refractivity contribution in [3.8, 4) is 0 Å². The first kappa shape index (κ1) is 21.9. The first-order chi connectivity index (χ1) is 13.1. The Morgan fingerprint density at radius 1 is 0.828 bits per heavy atom. The van der Waals surface area contributed by atoms with Crippen LogP contribution in [-0.4, -0.2) is 87.7 Å². The van der Waals surface area contributed by atoms with Crippen LogP contribution in [-0.2, 0) is 0 Å². The Labute approximate surface area is 170 Å². The van der Waals surface area contributed by atoms with Crippen molar-refractivity contribution < 1.29 is 40.9 Å². The number of aliphatic hydroxyl groups is 8. The molecule has 0 aromatic rings. The Kier molecular flexibility index (Phi) is 4.47. The summed E-state index contributed by atoms with van der Waals surface area (Å²) >= 11 is 0. The second-order valence-electron chi connectivity index (χ2n) is 10.8. The van der Waals surface area contributed by atoms with Gasteiger partial charge in [0.25, 0.3) is 0 Å². The van der Waals surface area contributed by atoms with E-state index >= 15 is 0 Å². The maximum absolute atomic E-state index is 12.0. The molecule has 29 heavy (non-hydrogen) atoms. The summed E-state index contributed by atoms with van der Waals surface area (Å²) in [5, 5.41) is 89.3. The number of rotatable bonds is 1. The van der Waals surface area contributed by atoms with Crippen molar-refractivity contribution in [2.45, 2.75) is 113 Å². The molecule has 8 N–H and O–H groups in total. The average molecular weight is 417 g/mol. The number of fused-ring (bicyclic) bond motifs is 5. The first-order valence-electron chi connectivity index (χ1n) is 10.8. The fraction of sp³-hybridized carbons (Fsp3) is 1.00. The lowest BCUT2D eigenvalue weighted by molar-refractivity contribution is -0.371. The zero-order valence-corrected chi connectivity index (χ0v) is 17.4. The summed E-state index contributed by atoms with van der Waals surface area (Å²) in [6.45, 7) is 4.63. The van der Waals surface area contributed by atoms with Crippen LogP contribution in [0.4, 0.5) is 0 Å². The molecule has 4 fully saturated rings. The van der Waals surface area contributed by atoms with Gasteiger partial charge in [-0.2, -0.15) is 0 Å². The van der Waals surface area contributed by atoms with Gasteiger partial charge in [0.1, 0.15) is 16.8 Å². The molecule has 4 aliphatic rings. The number of aliphatic hydroxyl groups excluding tert-OH is 4. The highest BCUT2D eigenvalue weighted by Crippen LogP contribution is 2.72. The van der Waals surface area contributed by atoms with Gasteiger partial charge < -0.3 is 40.9 Å². The van der Waals surface area contributed by atoms with E-state index in [9.17, 15) is 40.9 Å². The van der Waals surface area contributed by atoms with Gasteiger partial charge in [-0.15, -0.1) is 0 Å². The van der Waals surface area contributed by atoms with Crippen LogP contribution in [0, 0.1) is 16.7 Å². The van der Waals surface area contributed by atoms with E-state index in [-0.39, 0.29) is 32.1 Å². The lowest BCUT2D eigenvalue weighted by Gasteiger charge is -2.71. The molecule has 0 heterocycles. The normalized spacial score (nSPS) is 63.4. The molecule has 4 aliphatic carbocycles. The molecule has 8 nitrogen and oxygen atoms in total. The van der Waals surface area contributed by atoms with Gasteiger partial charge in [0.15, 0.2) is 0 Å². The molecule has 0 saturated heterocycles. The molecule has 0 aliphatic heterocycles. The van der Waals surface area contributed by atoms with Crippen LogP contribution in [0.25, 0.3) is 0 Å². The van der Waals surface area contributed by atoms with Crippen LogP contribution in [0.3, 0.4) is 0 Å². The molecular formula is C21H36O8. The summed E-state index contributed by atoms with van der Waals surface area (Å²) in [6, 6.07) is 0. The van der Waals surface area contributed by atoms with Gasteiger partial charge in [-0.25, -0.2) is 0 Å². The van der Waals surface area contributed by atoms with Gasteiger partial charge in [0.2, 0.25) is 0 Å². The third-order valence-corrected chi connectivity index (χ3v) is 10.1. The molecule has 8 heteroatoms. The van der Waals surface area contributed by atoms with Crippen molar-refractivity contribution in [2.75, 3.05) is 0 Å². The molecule has 0 spiro atoms. The van der Waals surface area contributed by atoms with E-state index in [1.807, 2.05) is 0 Å². The van der Waals surface area contributed by atoms with Gasteiger partial charge in [-0.3, -0.25) is 0 Å².